The Labute approximate surface area is 117 Å². The van der Waals surface area contributed by atoms with E-state index in [1.54, 1.807) is 0 Å². The highest BCUT2D eigenvalue weighted by atomic mass is 16.3. The van der Waals surface area contributed by atoms with Crippen molar-refractivity contribution >= 4 is 0 Å². The van der Waals surface area contributed by atoms with Crippen LogP contribution in [-0.2, 0) is 7.05 Å². The number of nitrogens with zero attached hydrogens (tertiary/aromatic N) is 2. The number of aryl methyl sites for hydroxylation is 2. The van der Waals surface area contributed by atoms with E-state index in [4.69, 9.17) is 0 Å². The molecule has 0 amide bonds. The number of rotatable bonds is 7. The number of hydrogen-bond acceptors (Lipinski definition) is 3. The molecule has 1 rings (SSSR count). The Morgan fingerprint density at radius 1 is 1.26 bits per heavy atom. The molecule has 0 saturated heterocycles. The summed E-state index contributed by atoms with van der Waals surface area (Å²) >= 11 is 0. The van der Waals surface area contributed by atoms with Crippen molar-refractivity contribution in [1.82, 2.24) is 15.1 Å². The van der Waals surface area contributed by atoms with Crippen LogP contribution in [-0.4, -0.2) is 27.5 Å². The zero-order valence-corrected chi connectivity index (χ0v) is 13.2. The van der Waals surface area contributed by atoms with Crippen molar-refractivity contribution in [3.8, 4) is 0 Å². The van der Waals surface area contributed by atoms with Crippen LogP contribution in [0.3, 0.4) is 0 Å². The van der Waals surface area contributed by atoms with Gasteiger partial charge in [0.1, 0.15) is 0 Å². The van der Waals surface area contributed by atoms with Crippen LogP contribution in [0.4, 0.5) is 0 Å². The number of hydrogen-bond donors (Lipinski definition) is 2. The molecule has 1 aromatic heterocycles. The molecule has 1 heterocycles. The van der Waals surface area contributed by atoms with Crippen molar-refractivity contribution in [2.75, 3.05) is 6.54 Å². The Hall–Kier alpha value is -0.870. The first-order valence-corrected chi connectivity index (χ1v) is 7.33. The molecule has 0 aromatic carbocycles. The number of nitrogens with one attached hydrogen (secondary N) is 1. The molecule has 4 nitrogen and oxygen atoms in total. The van der Waals surface area contributed by atoms with E-state index in [2.05, 4.69) is 38.1 Å². The van der Waals surface area contributed by atoms with Gasteiger partial charge < -0.3 is 10.4 Å². The molecule has 0 bridgehead atoms. The molecule has 110 valence electrons. The van der Waals surface area contributed by atoms with Gasteiger partial charge in [0, 0.05) is 30.9 Å². The Morgan fingerprint density at radius 2 is 1.84 bits per heavy atom. The average molecular weight is 267 g/mol. The molecule has 0 fully saturated rings. The van der Waals surface area contributed by atoms with Crippen LogP contribution in [0.15, 0.2) is 0 Å². The topological polar surface area (TPSA) is 50.1 Å². The van der Waals surface area contributed by atoms with Crippen molar-refractivity contribution < 1.29 is 5.11 Å². The Bertz CT molecular complexity index is 396. The second-order valence-corrected chi connectivity index (χ2v) is 5.48. The maximum Gasteiger partial charge on any atom is 0.0692 e. The van der Waals surface area contributed by atoms with Gasteiger partial charge in [-0.25, -0.2) is 0 Å². The molecule has 0 aliphatic carbocycles. The number of aliphatic hydroxyl groups excluding tert-OH is 1. The first-order valence-electron chi connectivity index (χ1n) is 7.33. The van der Waals surface area contributed by atoms with E-state index in [-0.39, 0.29) is 12.1 Å². The summed E-state index contributed by atoms with van der Waals surface area (Å²) in [5, 5.41) is 18.0. The molecule has 0 radical (unpaired) electrons. The lowest BCUT2D eigenvalue weighted by atomic mass is 9.96. The molecule has 0 aliphatic rings. The zero-order chi connectivity index (χ0) is 14.6. The smallest absolute Gasteiger partial charge is 0.0692 e. The summed E-state index contributed by atoms with van der Waals surface area (Å²) in [7, 11) is 1.97. The normalized spacial score (nSPS) is 14.9. The monoisotopic (exact) mass is 267 g/mol. The molecular weight excluding hydrogens is 238 g/mol. The molecule has 1 aromatic rings. The quantitative estimate of drug-likeness (QED) is 0.798. The van der Waals surface area contributed by atoms with Crippen molar-refractivity contribution in [2.45, 2.75) is 59.6 Å². The SMILES string of the molecule is CCC(CC)C(O)CNC(C)c1c(C)nn(C)c1C. The highest BCUT2D eigenvalue weighted by Crippen LogP contribution is 2.21. The maximum atomic E-state index is 10.2. The Morgan fingerprint density at radius 3 is 2.26 bits per heavy atom. The van der Waals surface area contributed by atoms with Gasteiger partial charge in [-0.3, -0.25) is 4.68 Å². The molecule has 2 atom stereocenters. The highest BCUT2D eigenvalue weighted by molar-refractivity contribution is 5.27. The van der Waals surface area contributed by atoms with Crippen LogP contribution in [0.5, 0.6) is 0 Å². The Kier molecular flexibility index (Phi) is 6.01. The second-order valence-electron chi connectivity index (χ2n) is 5.48. The third-order valence-corrected chi connectivity index (χ3v) is 4.22. The minimum absolute atomic E-state index is 0.220. The molecular formula is C15H29N3O. The van der Waals surface area contributed by atoms with Gasteiger partial charge in [-0.2, -0.15) is 5.10 Å². The van der Waals surface area contributed by atoms with E-state index in [1.807, 2.05) is 18.7 Å². The van der Waals surface area contributed by atoms with E-state index >= 15 is 0 Å². The Balaban J connectivity index is 2.63. The van der Waals surface area contributed by atoms with Crippen molar-refractivity contribution in [1.29, 1.82) is 0 Å². The van der Waals surface area contributed by atoms with Gasteiger partial charge in [-0.15, -0.1) is 0 Å². The number of aliphatic hydroxyl groups is 1. The summed E-state index contributed by atoms with van der Waals surface area (Å²) in [5.41, 5.74) is 3.51. The second kappa shape index (κ2) is 7.06. The molecule has 2 N–H and O–H groups in total. The largest absolute Gasteiger partial charge is 0.392 e. The minimum atomic E-state index is -0.269. The van der Waals surface area contributed by atoms with Crippen molar-refractivity contribution in [2.24, 2.45) is 13.0 Å². The van der Waals surface area contributed by atoms with Crippen LogP contribution >= 0.6 is 0 Å². The van der Waals surface area contributed by atoms with Crippen LogP contribution in [0.1, 0.15) is 56.6 Å². The fraction of sp³-hybridized carbons (Fsp3) is 0.800. The molecule has 0 aliphatic heterocycles. The molecule has 4 heteroatoms. The lowest BCUT2D eigenvalue weighted by Crippen LogP contribution is -2.34. The standard InChI is InChI=1S/C15H29N3O/c1-7-13(8-2)14(19)9-16-10(3)15-11(4)17-18(6)12(15)5/h10,13-14,16,19H,7-9H2,1-6H3. The van der Waals surface area contributed by atoms with Crippen LogP contribution in [0.2, 0.25) is 0 Å². The summed E-state index contributed by atoms with van der Waals surface area (Å²) in [4.78, 5) is 0. The summed E-state index contributed by atoms with van der Waals surface area (Å²) in [6, 6.07) is 0.220. The van der Waals surface area contributed by atoms with Crippen molar-refractivity contribution in [3.63, 3.8) is 0 Å². The van der Waals surface area contributed by atoms with E-state index in [0.29, 0.717) is 12.5 Å². The number of aromatic nitrogens is 2. The van der Waals surface area contributed by atoms with Gasteiger partial charge in [-0.05, 0) is 26.7 Å². The van der Waals surface area contributed by atoms with Crippen LogP contribution in [0, 0.1) is 19.8 Å². The molecule has 19 heavy (non-hydrogen) atoms. The van der Waals surface area contributed by atoms with E-state index in [9.17, 15) is 5.11 Å². The van der Waals surface area contributed by atoms with Gasteiger partial charge in [0.2, 0.25) is 0 Å². The van der Waals surface area contributed by atoms with E-state index in [0.717, 1.165) is 18.5 Å². The van der Waals surface area contributed by atoms with Crippen LogP contribution < -0.4 is 5.32 Å². The van der Waals surface area contributed by atoms with Gasteiger partial charge in [0.05, 0.1) is 11.8 Å². The molecule has 0 spiro atoms. The fourth-order valence-corrected chi connectivity index (χ4v) is 2.82. The van der Waals surface area contributed by atoms with E-state index in [1.165, 1.54) is 11.3 Å². The minimum Gasteiger partial charge on any atom is -0.392 e. The maximum absolute atomic E-state index is 10.2. The highest BCUT2D eigenvalue weighted by Gasteiger charge is 2.19. The molecule has 2 unspecified atom stereocenters. The van der Waals surface area contributed by atoms with E-state index < -0.39 is 0 Å². The third-order valence-electron chi connectivity index (χ3n) is 4.22. The summed E-state index contributed by atoms with van der Waals surface area (Å²) < 4.78 is 1.92. The fourth-order valence-electron chi connectivity index (χ4n) is 2.82. The third kappa shape index (κ3) is 3.80. The molecule has 0 saturated carbocycles. The first-order chi connectivity index (χ1) is 8.92. The average Bonchev–Trinajstić information content (AvgIpc) is 2.62. The summed E-state index contributed by atoms with van der Waals surface area (Å²) in [6.07, 6.45) is 1.78. The lowest BCUT2D eigenvalue weighted by molar-refractivity contribution is 0.0988. The summed E-state index contributed by atoms with van der Waals surface area (Å²) in [6.45, 7) is 11.2. The summed E-state index contributed by atoms with van der Waals surface area (Å²) in [5.74, 6) is 0.385. The lowest BCUT2D eigenvalue weighted by Gasteiger charge is -2.23. The van der Waals surface area contributed by atoms with Crippen molar-refractivity contribution in [3.05, 3.63) is 17.0 Å². The van der Waals surface area contributed by atoms with Gasteiger partial charge in [0.15, 0.2) is 0 Å². The van der Waals surface area contributed by atoms with Gasteiger partial charge >= 0.3 is 0 Å². The predicted molar refractivity (Wildman–Crippen MR) is 79.2 cm³/mol. The first kappa shape index (κ1) is 16.2. The predicted octanol–water partition coefficient (Wildman–Crippen LogP) is 2.48. The van der Waals surface area contributed by atoms with Gasteiger partial charge in [-0.1, -0.05) is 26.7 Å². The van der Waals surface area contributed by atoms with Crippen LogP contribution in [0.25, 0.3) is 0 Å². The zero-order valence-electron chi connectivity index (χ0n) is 13.2. The van der Waals surface area contributed by atoms with Gasteiger partial charge in [0.25, 0.3) is 0 Å².